The summed E-state index contributed by atoms with van der Waals surface area (Å²) >= 11 is 8.60. The minimum Gasteiger partial charge on any atom is -0.497 e. The number of amides is 1. The van der Waals surface area contributed by atoms with Crippen LogP contribution in [-0.2, 0) is 6.54 Å². The highest BCUT2D eigenvalue weighted by molar-refractivity contribution is 9.10. The average molecular weight is 379 g/mol. The molecule has 0 saturated carbocycles. The van der Waals surface area contributed by atoms with E-state index in [1.165, 1.54) is 0 Å². The number of carbonyl (C=O) groups is 1. The third-order valence-corrected chi connectivity index (χ3v) is 4.00. The van der Waals surface area contributed by atoms with Crippen LogP contribution in [0.3, 0.4) is 0 Å². The topological polar surface area (TPSA) is 50.4 Å². The first-order chi connectivity index (χ1) is 10.6. The summed E-state index contributed by atoms with van der Waals surface area (Å²) in [5, 5.41) is 5.94. The molecule has 2 aromatic rings. The van der Waals surface area contributed by atoms with E-state index in [0.29, 0.717) is 17.9 Å². The summed E-state index contributed by atoms with van der Waals surface area (Å²) in [5.41, 5.74) is 1.58. The fraction of sp³-hybridized carbons (Fsp3) is 0.125. The van der Waals surface area contributed by atoms with E-state index in [1.54, 1.807) is 31.4 Å². The van der Waals surface area contributed by atoms with Gasteiger partial charge in [-0.05, 0) is 48.1 Å². The smallest absolute Gasteiger partial charge is 0.257 e. The van der Waals surface area contributed by atoms with E-state index in [-0.39, 0.29) is 11.0 Å². The minimum atomic E-state index is -0.257. The second-order valence-electron chi connectivity index (χ2n) is 4.46. The molecular weight excluding hydrogens is 364 g/mol. The number of thiocarbonyl (C=S) groups is 1. The highest BCUT2D eigenvalue weighted by atomic mass is 79.9. The van der Waals surface area contributed by atoms with Gasteiger partial charge in [0.25, 0.3) is 5.91 Å². The van der Waals surface area contributed by atoms with Crippen LogP contribution in [-0.4, -0.2) is 18.1 Å². The second kappa shape index (κ2) is 7.91. The van der Waals surface area contributed by atoms with E-state index < -0.39 is 0 Å². The lowest BCUT2D eigenvalue weighted by molar-refractivity contribution is 0.0976. The minimum absolute atomic E-state index is 0.257. The van der Waals surface area contributed by atoms with Crippen molar-refractivity contribution in [2.45, 2.75) is 6.54 Å². The highest BCUT2D eigenvalue weighted by Crippen LogP contribution is 2.15. The highest BCUT2D eigenvalue weighted by Gasteiger charge is 2.08. The molecule has 114 valence electrons. The molecule has 4 nitrogen and oxygen atoms in total. The molecule has 0 bridgehead atoms. The Morgan fingerprint density at radius 1 is 1.18 bits per heavy atom. The number of ether oxygens (including phenoxy) is 1. The number of hydrogen-bond donors (Lipinski definition) is 2. The summed E-state index contributed by atoms with van der Waals surface area (Å²) in [4.78, 5) is 12.0. The largest absolute Gasteiger partial charge is 0.497 e. The van der Waals surface area contributed by atoms with Crippen LogP contribution in [0.2, 0.25) is 0 Å². The fourth-order valence-electron chi connectivity index (χ4n) is 1.78. The third-order valence-electron chi connectivity index (χ3n) is 2.98. The molecule has 0 aromatic heterocycles. The van der Waals surface area contributed by atoms with Crippen molar-refractivity contribution in [1.29, 1.82) is 0 Å². The number of benzene rings is 2. The monoisotopic (exact) mass is 378 g/mol. The number of halogens is 1. The number of nitrogens with one attached hydrogen (secondary N) is 2. The van der Waals surface area contributed by atoms with Gasteiger partial charge in [-0.15, -0.1) is 0 Å². The zero-order valence-electron chi connectivity index (χ0n) is 11.9. The molecule has 0 heterocycles. The Kier molecular flexibility index (Phi) is 5.91. The molecule has 0 fully saturated rings. The molecule has 0 radical (unpaired) electrons. The lowest BCUT2D eigenvalue weighted by atomic mass is 10.2. The van der Waals surface area contributed by atoms with E-state index in [9.17, 15) is 4.79 Å². The van der Waals surface area contributed by atoms with E-state index in [4.69, 9.17) is 17.0 Å². The Balaban J connectivity index is 1.88. The van der Waals surface area contributed by atoms with Gasteiger partial charge in [0.15, 0.2) is 5.11 Å². The molecule has 1 amide bonds. The standard InChI is InChI=1S/C16H15BrN2O2S/c1-21-13-8-6-11(7-9-13)15(20)19-16(22)18-10-12-4-2-3-5-14(12)17/h2-9H,10H2,1H3,(H2,18,19,20,22). The van der Waals surface area contributed by atoms with Crippen LogP contribution >= 0.6 is 28.1 Å². The normalized spacial score (nSPS) is 9.91. The van der Waals surface area contributed by atoms with Crippen molar-refractivity contribution in [3.8, 4) is 5.75 Å². The van der Waals surface area contributed by atoms with Gasteiger partial charge in [0, 0.05) is 16.6 Å². The molecule has 2 N–H and O–H groups in total. The van der Waals surface area contributed by atoms with Gasteiger partial charge >= 0.3 is 0 Å². The summed E-state index contributed by atoms with van der Waals surface area (Å²) in [6.07, 6.45) is 0. The van der Waals surface area contributed by atoms with Gasteiger partial charge in [-0.25, -0.2) is 0 Å². The van der Waals surface area contributed by atoms with Crippen molar-refractivity contribution < 1.29 is 9.53 Å². The number of carbonyl (C=O) groups excluding carboxylic acids is 1. The molecule has 0 saturated heterocycles. The maximum Gasteiger partial charge on any atom is 0.257 e. The zero-order chi connectivity index (χ0) is 15.9. The molecule has 6 heteroatoms. The maximum atomic E-state index is 12.0. The third kappa shape index (κ3) is 4.54. The lowest BCUT2D eigenvalue weighted by Gasteiger charge is -2.11. The van der Waals surface area contributed by atoms with E-state index in [2.05, 4.69) is 26.6 Å². The van der Waals surface area contributed by atoms with Crippen molar-refractivity contribution in [2.75, 3.05) is 7.11 Å². The summed E-state index contributed by atoms with van der Waals surface area (Å²) in [5.74, 6) is 0.443. The number of hydrogen-bond acceptors (Lipinski definition) is 3. The summed E-state index contributed by atoms with van der Waals surface area (Å²) in [6, 6.07) is 14.6. The zero-order valence-corrected chi connectivity index (χ0v) is 14.3. The molecule has 0 atom stereocenters. The van der Waals surface area contributed by atoms with Crippen LogP contribution in [0.15, 0.2) is 53.0 Å². The second-order valence-corrected chi connectivity index (χ2v) is 5.72. The summed E-state index contributed by atoms with van der Waals surface area (Å²) in [7, 11) is 1.58. The molecule has 22 heavy (non-hydrogen) atoms. The van der Waals surface area contributed by atoms with Gasteiger partial charge in [0.1, 0.15) is 5.75 Å². The Morgan fingerprint density at radius 2 is 1.86 bits per heavy atom. The van der Waals surface area contributed by atoms with Crippen LogP contribution in [0.25, 0.3) is 0 Å². The van der Waals surface area contributed by atoms with Crippen LogP contribution in [0, 0.1) is 0 Å². The summed E-state index contributed by atoms with van der Waals surface area (Å²) < 4.78 is 6.05. The van der Waals surface area contributed by atoms with Crippen molar-refractivity contribution in [1.82, 2.24) is 10.6 Å². The van der Waals surface area contributed by atoms with Gasteiger partial charge in [0.2, 0.25) is 0 Å². The Hall–Kier alpha value is -1.92. The van der Waals surface area contributed by atoms with Gasteiger partial charge in [0.05, 0.1) is 7.11 Å². The van der Waals surface area contributed by atoms with Gasteiger partial charge in [-0.3, -0.25) is 10.1 Å². The van der Waals surface area contributed by atoms with E-state index in [1.807, 2.05) is 24.3 Å². The molecule has 2 aromatic carbocycles. The van der Waals surface area contributed by atoms with Crippen molar-refractivity contribution in [3.05, 3.63) is 64.1 Å². The molecule has 0 aliphatic heterocycles. The van der Waals surface area contributed by atoms with Crippen LogP contribution < -0.4 is 15.4 Å². The van der Waals surface area contributed by atoms with E-state index >= 15 is 0 Å². The van der Waals surface area contributed by atoms with Crippen LogP contribution in [0.4, 0.5) is 0 Å². The Bertz CT molecular complexity index is 674. The molecule has 0 unspecified atom stereocenters. The lowest BCUT2D eigenvalue weighted by Crippen LogP contribution is -2.38. The predicted molar refractivity (Wildman–Crippen MR) is 94.0 cm³/mol. The predicted octanol–water partition coefficient (Wildman–Crippen LogP) is 3.26. The van der Waals surface area contributed by atoms with Gasteiger partial charge < -0.3 is 10.1 Å². The van der Waals surface area contributed by atoms with Crippen LogP contribution in [0.1, 0.15) is 15.9 Å². The maximum absolute atomic E-state index is 12.0. The number of rotatable bonds is 4. The summed E-state index contributed by atoms with van der Waals surface area (Å²) in [6.45, 7) is 0.531. The Labute approximate surface area is 143 Å². The van der Waals surface area contributed by atoms with E-state index in [0.717, 1.165) is 10.0 Å². The SMILES string of the molecule is COc1ccc(C(=O)NC(=S)NCc2ccccc2Br)cc1. The van der Waals surface area contributed by atoms with Gasteiger partial charge in [-0.2, -0.15) is 0 Å². The van der Waals surface area contributed by atoms with Gasteiger partial charge in [-0.1, -0.05) is 34.1 Å². The van der Waals surface area contributed by atoms with Crippen molar-refractivity contribution >= 4 is 39.2 Å². The fourth-order valence-corrected chi connectivity index (χ4v) is 2.37. The van der Waals surface area contributed by atoms with Crippen molar-refractivity contribution in [3.63, 3.8) is 0 Å². The first-order valence-corrected chi connectivity index (χ1v) is 7.77. The molecular formula is C16H15BrN2O2S. The molecule has 2 rings (SSSR count). The first-order valence-electron chi connectivity index (χ1n) is 6.57. The first kappa shape index (κ1) is 16.5. The van der Waals surface area contributed by atoms with Crippen LogP contribution in [0.5, 0.6) is 5.75 Å². The number of methoxy groups -OCH3 is 1. The molecule has 0 aliphatic carbocycles. The van der Waals surface area contributed by atoms with Crippen molar-refractivity contribution in [2.24, 2.45) is 0 Å². The molecule has 0 spiro atoms. The average Bonchev–Trinajstić information content (AvgIpc) is 2.54. The quantitative estimate of drug-likeness (QED) is 0.801. The molecule has 0 aliphatic rings. The Morgan fingerprint density at radius 3 is 2.50 bits per heavy atom.